The molecule has 2 unspecified atom stereocenters. The predicted molar refractivity (Wildman–Crippen MR) is 249 cm³/mol. The van der Waals surface area contributed by atoms with Gasteiger partial charge in [0.2, 0.25) is 0 Å². The molecule has 9 aromatic rings. The van der Waals surface area contributed by atoms with Crippen LogP contribution in [-0.2, 0) is 5.41 Å². The number of benzene rings is 8. The van der Waals surface area contributed by atoms with Gasteiger partial charge in [-0.05, 0) is 105 Å². The molecule has 0 saturated heterocycles. The van der Waals surface area contributed by atoms with Crippen molar-refractivity contribution in [1.82, 2.24) is 4.57 Å². The fourth-order valence-electron chi connectivity index (χ4n) is 9.95. The van der Waals surface area contributed by atoms with Gasteiger partial charge >= 0.3 is 0 Å². The molecule has 0 aliphatic heterocycles. The first-order chi connectivity index (χ1) is 29.0. The number of nitrogens with zero attached hydrogens (tertiary/aromatic N) is 2. The number of aromatic nitrogens is 1. The molecule has 2 heteroatoms. The highest BCUT2D eigenvalue weighted by Crippen LogP contribution is 2.54. The van der Waals surface area contributed by atoms with E-state index in [0.29, 0.717) is 11.8 Å². The lowest BCUT2D eigenvalue weighted by Gasteiger charge is -2.31. The summed E-state index contributed by atoms with van der Waals surface area (Å²) in [4.78, 5) is 2.38. The number of hydrogen-bond acceptors (Lipinski definition) is 1. The highest BCUT2D eigenvalue weighted by molar-refractivity contribution is 6.13. The Labute approximate surface area is 346 Å². The molecule has 2 aliphatic rings. The smallest absolute Gasteiger partial charge is 0.0619 e. The SMILES string of the molecule is CC1(C)c2ccccc2C2C=CC(c3ccc(N(c4ccc(-c5ccccc5)cc4)c4ccc(-c5cccc6c7ccccc7n(-c7ccccc7)c56)cc4)cc3)=CC21. The van der Waals surface area contributed by atoms with Gasteiger partial charge in [-0.1, -0.05) is 178 Å². The minimum atomic E-state index is 0.0791. The van der Waals surface area contributed by atoms with Crippen LogP contribution in [0.2, 0.25) is 0 Å². The second-order valence-electron chi connectivity index (χ2n) is 16.6. The van der Waals surface area contributed by atoms with E-state index in [0.717, 1.165) is 22.7 Å². The Hall–Kier alpha value is -7.16. The molecule has 1 heterocycles. The van der Waals surface area contributed by atoms with Crippen LogP contribution in [0.25, 0.3) is 55.3 Å². The summed E-state index contributed by atoms with van der Waals surface area (Å²) < 4.78 is 2.42. The molecule has 2 aliphatic carbocycles. The summed E-state index contributed by atoms with van der Waals surface area (Å²) in [5.74, 6) is 0.854. The number of anilines is 3. The van der Waals surface area contributed by atoms with E-state index >= 15 is 0 Å². The van der Waals surface area contributed by atoms with Gasteiger partial charge in [-0.3, -0.25) is 0 Å². The minimum Gasteiger partial charge on any atom is -0.311 e. The second kappa shape index (κ2) is 14.0. The Kier molecular flexibility index (Phi) is 8.34. The Bertz CT molecular complexity index is 3040. The third-order valence-corrected chi connectivity index (χ3v) is 12.9. The molecule has 0 fully saturated rings. The lowest BCUT2D eigenvalue weighted by molar-refractivity contribution is 0.395. The molecule has 0 amide bonds. The molecule has 2 atom stereocenters. The van der Waals surface area contributed by atoms with Crippen LogP contribution in [-0.4, -0.2) is 4.57 Å². The summed E-state index contributed by atoms with van der Waals surface area (Å²) in [6.45, 7) is 4.81. The van der Waals surface area contributed by atoms with Crippen LogP contribution >= 0.6 is 0 Å². The third kappa shape index (κ3) is 5.86. The molecule has 0 N–H and O–H groups in total. The van der Waals surface area contributed by atoms with Crippen molar-refractivity contribution >= 4 is 44.4 Å². The van der Waals surface area contributed by atoms with Crippen LogP contribution in [0.4, 0.5) is 17.1 Å². The minimum absolute atomic E-state index is 0.0791. The van der Waals surface area contributed by atoms with Crippen molar-refractivity contribution in [3.8, 4) is 27.9 Å². The monoisotopic (exact) mass is 756 g/mol. The molecule has 1 aromatic heterocycles. The zero-order valence-corrected chi connectivity index (χ0v) is 33.3. The van der Waals surface area contributed by atoms with Crippen molar-refractivity contribution in [3.63, 3.8) is 0 Å². The fraction of sp³-hybridized carbons (Fsp3) is 0.0877. The van der Waals surface area contributed by atoms with E-state index in [9.17, 15) is 0 Å². The number of rotatable bonds is 7. The predicted octanol–water partition coefficient (Wildman–Crippen LogP) is 15.2. The lowest BCUT2D eigenvalue weighted by Crippen LogP contribution is -2.25. The van der Waals surface area contributed by atoms with E-state index in [1.54, 1.807) is 0 Å². The Morgan fingerprint density at radius 3 is 1.75 bits per heavy atom. The molecular weight excluding hydrogens is 713 g/mol. The van der Waals surface area contributed by atoms with E-state index in [1.807, 2.05) is 0 Å². The van der Waals surface area contributed by atoms with Gasteiger partial charge in [0.05, 0.1) is 11.0 Å². The molecule has 59 heavy (non-hydrogen) atoms. The van der Waals surface area contributed by atoms with E-state index in [4.69, 9.17) is 0 Å². The van der Waals surface area contributed by atoms with Crippen LogP contribution in [0.3, 0.4) is 0 Å². The van der Waals surface area contributed by atoms with Gasteiger partial charge in [0.15, 0.2) is 0 Å². The van der Waals surface area contributed by atoms with E-state index in [1.165, 1.54) is 66.3 Å². The van der Waals surface area contributed by atoms with Crippen molar-refractivity contribution in [1.29, 1.82) is 0 Å². The van der Waals surface area contributed by atoms with Gasteiger partial charge in [0.25, 0.3) is 0 Å². The first kappa shape index (κ1) is 35.0. The number of para-hydroxylation sites is 3. The summed E-state index contributed by atoms with van der Waals surface area (Å²) >= 11 is 0. The number of hydrogen-bond donors (Lipinski definition) is 0. The summed E-state index contributed by atoms with van der Waals surface area (Å²) in [6.07, 6.45) is 7.30. The Balaban J connectivity index is 0.982. The number of allylic oxidation sites excluding steroid dienone is 4. The zero-order valence-electron chi connectivity index (χ0n) is 33.3. The molecular formula is C57H44N2. The largest absolute Gasteiger partial charge is 0.311 e. The highest BCUT2D eigenvalue weighted by atomic mass is 15.1. The zero-order chi connectivity index (χ0) is 39.5. The van der Waals surface area contributed by atoms with Crippen LogP contribution in [0, 0.1) is 5.92 Å². The molecule has 8 aromatic carbocycles. The Morgan fingerprint density at radius 1 is 0.475 bits per heavy atom. The maximum atomic E-state index is 2.52. The molecule has 0 radical (unpaired) electrons. The van der Waals surface area contributed by atoms with Gasteiger partial charge in [0.1, 0.15) is 0 Å². The quantitative estimate of drug-likeness (QED) is 0.157. The standard InChI is InChI=1S/C57H44N2/c1-57(2)53-22-11-9-18-49(53)50-37-30-43(38-54(50)57)41-26-33-46(34-27-41)58(45-31-24-40(25-32-45)39-14-5-3-6-15-39)47-35-28-42(29-36-47)48-20-13-21-52-51-19-10-12-23-55(51)59(56(48)52)44-16-7-4-8-17-44/h3-38,50,54H,1-2H3. The average Bonchev–Trinajstić information content (AvgIpc) is 3.76. The normalized spacial score (nSPS) is 16.5. The summed E-state index contributed by atoms with van der Waals surface area (Å²) in [6, 6.07) is 73.0. The molecule has 282 valence electrons. The van der Waals surface area contributed by atoms with Gasteiger partial charge in [-0.15, -0.1) is 0 Å². The van der Waals surface area contributed by atoms with Crippen molar-refractivity contribution in [3.05, 3.63) is 235 Å². The molecule has 0 saturated carbocycles. The maximum absolute atomic E-state index is 2.52. The van der Waals surface area contributed by atoms with Gasteiger partial charge < -0.3 is 9.47 Å². The van der Waals surface area contributed by atoms with E-state index < -0.39 is 0 Å². The van der Waals surface area contributed by atoms with Crippen molar-refractivity contribution in [2.45, 2.75) is 25.2 Å². The number of fused-ring (bicyclic) bond motifs is 6. The highest BCUT2D eigenvalue weighted by Gasteiger charge is 2.44. The summed E-state index contributed by atoms with van der Waals surface area (Å²) in [7, 11) is 0. The van der Waals surface area contributed by atoms with E-state index in [-0.39, 0.29) is 5.41 Å². The first-order valence-electron chi connectivity index (χ1n) is 20.8. The third-order valence-electron chi connectivity index (χ3n) is 12.9. The fourth-order valence-corrected chi connectivity index (χ4v) is 9.95. The van der Waals surface area contributed by atoms with Gasteiger partial charge in [-0.25, -0.2) is 0 Å². The van der Waals surface area contributed by atoms with Gasteiger partial charge in [0, 0.05) is 45.0 Å². The molecule has 0 bridgehead atoms. The molecule has 0 spiro atoms. The maximum Gasteiger partial charge on any atom is 0.0619 e. The topological polar surface area (TPSA) is 8.17 Å². The van der Waals surface area contributed by atoms with Crippen LogP contribution < -0.4 is 4.90 Å². The van der Waals surface area contributed by atoms with Gasteiger partial charge in [-0.2, -0.15) is 0 Å². The summed E-state index contributed by atoms with van der Waals surface area (Å²) in [5, 5.41) is 2.51. The molecule has 2 nitrogen and oxygen atoms in total. The van der Waals surface area contributed by atoms with Crippen molar-refractivity contribution in [2.75, 3.05) is 4.90 Å². The van der Waals surface area contributed by atoms with Crippen molar-refractivity contribution < 1.29 is 0 Å². The Morgan fingerprint density at radius 2 is 1.03 bits per heavy atom. The van der Waals surface area contributed by atoms with Crippen LogP contribution in [0.5, 0.6) is 0 Å². The first-order valence-corrected chi connectivity index (χ1v) is 20.8. The van der Waals surface area contributed by atoms with E-state index in [2.05, 4.69) is 242 Å². The molecule has 11 rings (SSSR count). The lowest BCUT2D eigenvalue weighted by atomic mass is 9.73. The van der Waals surface area contributed by atoms with Crippen molar-refractivity contribution in [2.24, 2.45) is 5.92 Å². The average molecular weight is 757 g/mol. The van der Waals surface area contributed by atoms with Crippen LogP contribution in [0.1, 0.15) is 36.5 Å². The second-order valence-corrected chi connectivity index (χ2v) is 16.6. The summed E-state index contributed by atoms with van der Waals surface area (Å²) in [5.41, 5.74) is 17.3. The van der Waals surface area contributed by atoms with Crippen LogP contribution in [0.15, 0.2) is 218 Å².